The third-order valence-electron chi connectivity index (χ3n) is 4.19. The molecule has 1 aliphatic rings. The number of carboxylic acids is 1. The van der Waals surface area contributed by atoms with E-state index in [0.29, 0.717) is 13.1 Å². The maximum absolute atomic E-state index is 12.2. The van der Waals surface area contributed by atoms with Gasteiger partial charge in [-0.1, -0.05) is 13.8 Å². The monoisotopic (exact) mass is 305 g/mol. The molecule has 0 aromatic carbocycles. The first-order chi connectivity index (χ1) is 8.88. The fourth-order valence-electron chi connectivity index (χ4n) is 2.77. The third kappa shape index (κ3) is 3.73. The van der Waals surface area contributed by atoms with Crippen molar-refractivity contribution in [2.45, 2.75) is 58.2 Å². The van der Waals surface area contributed by atoms with E-state index in [4.69, 9.17) is 0 Å². The van der Waals surface area contributed by atoms with Gasteiger partial charge in [0.05, 0.1) is 10.5 Å². The predicted octanol–water partition coefficient (Wildman–Crippen LogP) is 1.77. The second-order valence-corrected chi connectivity index (χ2v) is 10.2. The van der Waals surface area contributed by atoms with E-state index in [0.717, 1.165) is 12.8 Å². The highest BCUT2D eigenvalue weighted by Gasteiger charge is 2.43. The number of likely N-dealkylation sites (tertiary alicyclic amines) is 1. The van der Waals surface area contributed by atoms with Crippen LogP contribution in [0.4, 0.5) is 0 Å². The molecule has 1 atom stereocenters. The summed E-state index contributed by atoms with van der Waals surface area (Å²) in [5, 5.41) is 9.44. The Morgan fingerprint density at radius 3 is 2.35 bits per heavy atom. The van der Waals surface area contributed by atoms with Crippen molar-refractivity contribution >= 4 is 15.8 Å². The van der Waals surface area contributed by atoms with Gasteiger partial charge in [0, 0.05) is 6.54 Å². The number of hydrogen-bond donors (Lipinski definition) is 1. The lowest BCUT2D eigenvalue weighted by molar-refractivity contribution is -0.150. The number of nitrogens with zero attached hydrogens (tertiary/aromatic N) is 1. The van der Waals surface area contributed by atoms with Crippen molar-refractivity contribution in [2.24, 2.45) is 5.41 Å². The molecule has 5 nitrogen and oxygen atoms in total. The first-order valence-corrected chi connectivity index (χ1v) is 8.73. The molecule has 1 N–H and O–H groups in total. The molecule has 0 saturated carbocycles. The Labute approximate surface area is 122 Å². The number of piperidine rings is 1. The molecule has 0 aromatic rings. The van der Waals surface area contributed by atoms with E-state index < -0.39 is 26.6 Å². The van der Waals surface area contributed by atoms with E-state index in [1.807, 2.05) is 18.7 Å². The Kier molecular flexibility index (Phi) is 4.91. The minimum Gasteiger partial charge on any atom is -0.480 e. The molecule has 1 unspecified atom stereocenters. The van der Waals surface area contributed by atoms with Crippen LogP contribution in [0.3, 0.4) is 0 Å². The molecule has 6 heteroatoms. The van der Waals surface area contributed by atoms with Crippen LogP contribution in [-0.2, 0) is 14.6 Å². The molecule has 0 spiro atoms. The van der Waals surface area contributed by atoms with Crippen molar-refractivity contribution in [2.75, 3.05) is 18.8 Å². The molecular weight excluding hydrogens is 278 g/mol. The van der Waals surface area contributed by atoms with Crippen LogP contribution in [0.5, 0.6) is 0 Å². The summed E-state index contributed by atoms with van der Waals surface area (Å²) in [4.78, 5) is 13.3. The van der Waals surface area contributed by atoms with Crippen molar-refractivity contribution in [3.05, 3.63) is 0 Å². The lowest BCUT2D eigenvalue weighted by Crippen LogP contribution is -2.55. The van der Waals surface area contributed by atoms with Crippen molar-refractivity contribution in [3.63, 3.8) is 0 Å². The van der Waals surface area contributed by atoms with Gasteiger partial charge in [0.2, 0.25) is 0 Å². The average Bonchev–Trinajstić information content (AvgIpc) is 2.22. The lowest BCUT2D eigenvalue weighted by atomic mass is 9.76. The van der Waals surface area contributed by atoms with E-state index in [9.17, 15) is 18.3 Å². The molecule has 1 rings (SSSR count). The smallest absolute Gasteiger partial charge is 0.321 e. The standard InChI is InChI=1S/C14H27NO4S/c1-13(2,3)20(18,19)10-9-15-8-6-7-14(4,5)11(15)12(16)17/h11H,6-10H2,1-5H3,(H,16,17). The van der Waals surface area contributed by atoms with Gasteiger partial charge < -0.3 is 5.11 Å². The lowest BCUT2D eigenvalue weighted by Gasteiger charge is -2.44. The topological polar surface area (TPSA) is 74.7 Å². The Balaban J connectivity index is 2.83. The van der Waals surface area contributed by atoms with Crippen molar-refractivity contribution in [3.8, 4) is 0 Å². The summed E-state index contributed by atoms with van der Waals surface area (Å²) in [5.74, 6) is -0.848. The highest BCUT2D eigenvalue weighted by molar-refractivity contribution is 7.92. The minimum absolute atomic E-state index is 0.0103. The highest BCUT2D eigenvalue weighted by atomic mass is 32.2. The van der Waals surface area contributed by atoms with E-state index in [-0.39, 0.29) is 11.2 Å². The molecule has 20 heavy (non-hydrogen) atoms. The van der Waals surface area contributed by atoms with Gasteiger partial charge in [-0.15, -0.1) is 0 Å². The van der Waals surface area contributed by atoms with Crippen LogP contribution in [0, 0.1) is 5.41 Å². The summed E-state index contributed by atoms with van der Waals surface area (Å²) in [5.41, 5.74) is -0.324. The molecule has 0 aliphatic carbocycles. The zero-order valence-electron chi connectivity index (χ0n) is 13.1. The molecule has 1 aliphatic heterocycles. The molecule has 118 valence electrons. The molecule has 0 radical (unpaired) electrons. The fourth-order valence-corrected chi connectivity index (χ4v) is 3.86. The second kappa shape index (κ2) is 5.64. The van der Waals surface area contributed by atoms with Gasteiger partial charge >= 0.3 is 5.97 Å². The number of carboxylic acid groups (broad SMARTS) is 1. The van der Waals surface area contributed by atoms with Crippen LogP contribution in [0.15, 0.2) is 0 Å². The van der Waals surface area contributed by atoms with E-state index >= 15 is 0 Å². The average molecular weight is 305 g/mol. The highest BCUT2D eigenvalue weighted by Crippen LogP contribution is 2.35. The van der Waals surface area contributed by atoms with Crippen LogP contribution in [0.25, 0.3) is 0 Å². The zero-order chi connectivity index (χ0) is 15.8. The molecule has 0 aromatic heterocycles. The van der Waals surface area contributed by atoms with Crippen molar-refractivity contribution < 1.29 is 18.3 Å². The normalized spacial score (nSPS) is 24.6. The van der Waals surface area contributed by atoms with E-state index in [1.165, 1.54) is 0 Å². The Bertz CT molecular complexity index is 462. The number of hydrogen-bond acceptors (Lipinski definition) is 4. The van der Waals surface area contributed by atoms with Gasteiger partial charge in [0.15, 0.2) is 9.84 Å². The van der Waals surface area contributed by atoms with E-state index in [2.05, 4.69) is 0 Å². The van der Waals surface area contributed by atoms with Gasteiger partial charge in [-0.2, -0.15) is 0 Å². The Morgan fingerprint density at radius 1 is 1.35 bits per heavy atom. The molecule has 1 fully saturated rings. The van der Waals surface area contributed by atoms with Crippen LogP contribution >= 0.6 is 0 Å². The summed E-state index contributed by atoms with van der Waals surface area (Å²) in [6.07, 6.45) is 1.76. The van der Waals surface area contributed by atoms with Crippen LogP contribution in [0.1, 0.15) is 47.5 Å². The quantitative estimate of drug-likeness (QED) is 0.857. The van der Waals surface area contributed by atoms with Gasteiger partial charge in [0.1, 0.15) is 6.04 Å². The Morgan fingerprint density at radius 2 is 1.90 bits per heavy atom. The molecule has 0 bridgehead atoms. The van der Waals surface area contributed by atoms with Crippen LogP contribution in [0.2, 0.25) is 0 Å². The molecule has 0 amide bonds. The van der Waals surface area contributed by atoms with Crippen molar-refractivity contribution in [1.82, 2.24) is 4.90 Å². The maximum Gasteiger partial charge on any atom is 0.321 e. The number of rotatable bonds is 4. The van der Waals surface area contributed by atoms with Crippen LogP contribution in [-0.4, -0.2) is 54.0 Å². The predicted molar refractivity (Wildman–Crippen MR) is 79.6 cm³/mol. The Hall–Kier alpha value is -0.620. The second-order valence-electron chi connectivity index (χ2n) is 7.30. The minimum atomic E-state index is -3.22. The molecule has 1 heterocycles. The van der Waals surface area contributed by atoms with E-state index in [1.54, 1.807) is 20.8 Å². The van der Waals surface area contributed by atoms with Crippen LogP contribution < -0.4 is 0 Å². The fraction of sp³-hybridized carbons (Fsp3) is 0.929. The number of carbonyl (C=O) groups is 1. The first kappa shape index (κ1) is 17.4. The van der Waals surface area contributed by atoms with Gasteiger partial charge in [-0.25, -0.2) is 8.42 Å². The number of sulfone groups is 1. The van der Waals surface area contributed by atoms with Gasteiger partial charge in [-0.05, 0) is 45.6 Å². The maximum atomic E-state index is 12.2. The summed E-state index contributed by atoms with van der Waals surface area (Å²) < 4.78 is 23.5. The van der Waals surface area contributed by atoms with Gasteiger partial charge in [0.25, 0.3) is 0 Å². The van der Waals surface area contributed by atoms with Gasteiger partial charge in [-0.3, -0.25) is 9.69 Å². The molecular formula is C14H27NO4S. The number of aliphatic carboxylic acids is 1. The SMILES string of the molecule is CC1(C)CCCN(CCS(=O)(=O)C(C)(C)C)C1C(=O)O. The largest absolute Gasteiger partial charge is 0.480 e. The first-order valence-electron chi connectivity index (χ1n) is 7.08. The summed E-state index contributed by atoms with van der Waals surface area (Å²) >= 11 is 0. The third-order valence-corrected chi connectivity index (χ3v) is 6.77. The summed E-state index contributed by atoms with van der Waals surface area (Å²) in [6.45, 7) is 9.86. The van der Waals surface area contributed by atoms with Crippen molar-refractivity contribution in [1.29, 1.82) is 0 Å². The summed E-state index contributed by atoms with van der Waals surface area (Å²) in [7, 11) is -3.22. The zero-order valence-corrected chi connectivity index (χ0v) is 14.0. The molecule has 1 saturated heterocycles. The summed E-state index contributed by atoms with van der Waals surface area (Å²) in [6, 6.07) is -0.605.